The van der Waals surface area contributed by atoms with E-state index in [1.54, 1.807) is 18.2 Å². The van der Waals surface area contributed by atoms with Crippen LogP contribution in [0.2, 0.25) is 0 Å². The van der Waals surface area contributed by atoms with Crippen molar-refractivity contribution in [1.29, 1.82) is 0 Å². The molecular formula is C23H20N3O5+. The third-order valence-electron chi connectivity index (χ3n) is 7.74. The van der Waals surface area contributed by atoms with Crippen molar-refractivity contribution in [2.75, 3.05) is 23.6 Å². The highest BCUT2D eigenvalue weighted by atomic mass is 16.7. The molecule has 5 heterocycles. The highest BCUT2D eigenvalue weighted by Gasteiger charge is 2.78. The van der Waals surface area contributed by atoms with E-state index < -0.39 is 17.4 Å². The lowest BCUT2D eigenvalue weighted by Gasteiger charge is -2.33. The first-order chi connectivity index (χ1) is 15.1. The summed E-state index contributed by atoms with van der Waals surface area (Å²) in [5.41, 5.74) is 0.992. The van der Waals surface area contributed by atoms with E-state index in [9.17, 15) is 14.4 Å². The summed E-state index contributed by atoms with van der Waals surface area (Å²) >= 11 is 0. The normalized spacial score (nSPS) is 34.3. The van der Waals surface area contributed by atoms with Gasteiger partial charge in [-0.1, -0.05) is 18.2 Å². The number of para-hydroxylation sites is 1. The molecule has 31 heavy (non-hydrogen) atoms. The Morgan fingerprint density at radius 2 is 1.87 bits per heavy atom. The molecule has 3 fully saturated rings. The Morgan fingerprint density at radius 1 is 1.03 bits per heavy atom. The third-order valence-corrected chi connectivity index (χ3v) is 7.74. The Kier molecular flexibility index (Phi) is 3.15. The van der Waals surface area contributed by atoms with Crippen molar-refractivity contribution in [2.24, 2.45) is 11.8 Å². The molecule has 0 aliphatic carbocycles. The van der Waals surface area contributed by atoms with Crippen molar-refractivity contribution in [1.82, 2.24) is 0 Å². The molecule has 5 aliphatic rings. The molecule has 1 spiro atoms. The number of fused-ring (bicyclic) bond motifs is 8. The molecule has 8 heteroatoms. The summed E-state index contributed by atoms with van der Waals surface area (Å²) in [6.45, 7) is 0.899. The number of benzene rings is 2. The van der Waals surface area contributed by atoms with Gasteiger partial charge in [0.1, 0.15) is 17.9 Å². The monoisotopic (exact) mass is 418 g/mol. The topological polar surface area (TPSA) is 89.4 Å². The number of imide groups is 1. The van der Waals surface area contributed by atoms with E-state index in [1.807, 2.05) is 24.3 Å². The van der Waals surface area contributed by atoms with Crippen LogP contribution in [0.25, 0.3) is 0 Å². The largest absolute Gasteiger partial charge is 0.454 e. The van der Waals surface area contributed by atoms with E-state index in [0.717, 1.165) is 35.5 Å². The first kappa shape index (κ1) is 17.3. The second-order valence-corrected chi connectivity index (χ2v) is 8.88. The highest BCUT2D eigenvalue weighted by Crippen LogP contribution is 2.52. The second-order valence-electron chi connectivity index (χ2n) is 8.88. The van der Waals surface area contributed by atoms with Crippen LogP contribution < -0.4 is 24.6 Å². The fourth-order valence-electron chi connectivity index (χ4n) is 6.70. The summed E-state index contributed by atoms with van der Waals surface area (Å²) < 4.78 is 10.8. The Morgan fingerprint density at radius 3 is 2.77 bits per heavy atom. The molecule has 0 radical (unpaired) electrons. The van der Waals surface area contributed by atoms with Gasteiger partial charge < -0.3 is 19.7 Å². The molecule has 0 bridgehead atoms. The molecule has 8 nitrogen and oxygen atoms in total. The van der Waals surface area contributed by atoms with Gasteiger partial charge in [-0.25, -0.2) is 4.90 Å². The number of anilines is 2. The van der Waals surface area contributed by atoms with Gasteiger partial charge >= 0.3 is 0 Å². The van der Waals surface area contributed by atoms with Gasteiger partial charge in [0.2, 0.25) is 24.1 Å². The van der Waals surface area contributed by atoms with Crippen molar-refractivity contribution < 1.29 is 28.8 Å². The van der Waals surface area contributed by atoms with Crippen LogP contribution in [0.1, 0.15) is 18.4 Å². The van der Waals surface area contributed by atoms with Crippen molar-refractivity contribution >= 4 is 29.1 Å². The van der Waals surface area contributed by atoms with Gasteiger partial charge in [0, 0.05) is 24.5 Å². The minimum atomic E-state index is -1.06. The van der Waals surface area contributed by atoms with Crippen LogP contribution >= 0.6 is 0 Å². The number of carbonyl (C=O) groups excluding carboxylic acids is 3. The zero-order valence-electron chi connectivity index (χ0n) is 16.6. The maximum Gasteiger partial charge on any atom is 0.291 e. The smallest absolute Gasteiger partial charge is 0.291 e. The third kappa shape index (κ3) is 1.88. The number of hydrogen-bond acceptors (Lipinski definition) is 5. The predicted molar refractivity (Wildman–Crippen MR) is 108 cm³/mol. The van der Waals surface area contributed by atoms with Gasteiger partial charge in [-0.3, -0.25) is 14.4 Å². The molecule has 5 atom stereocenters. The lowest BCUT2D eigenvalue weighted by atomic mass is 9.75. The first-order valence-corrected chi connectivity index (χ1v) is 10.7. The number of carbonyl (C=O) groups is 3. The van der Waals surface area contributed by atoms with Gasteiger partial charge in [0.15, 0.2) is 11.5 Å². The molecule has 1 unspecified atom stereocenters. The number of amides is 3. The van der Waals surface area contributed by atoms with E-state index in [1.165, 1.54) is 4.90 Å². The lowest BCUT2D eigenvalue weighted by molar-refractivity contribution is -0.948. The van der Waals surface area contributed by atoms with Crippen molar-refractivity contribution in [3.8, 4) is 11.5 Å². The molecule has 0 aromatic heterocycles. The fourth-order valence-corrected chi connectivity index (χ4v) is 6.70. The first-order valence-electron chi connectivity index (χ1n) is 10.7. The maximum atomic E-state index is 13.9. The van der Waals surface area contributed by atoms with Crippen LogP contribution in [0.5, 0.6) is 11.5 Å². The van der Waals surface area contributed by atoms with Crippen LogP contribution in [0.15, 0.2) is 42.5 Å². The average Bonchev–Trinajstić information content (AvgIpc) is 3.54. The minimum absolute atomic E-state index is 0.0441. The Hall–Kier alpha value is -3.39. The summed E-state index contributed by atoms with van der Waals surface area (Å²) in [7, 11) is 0. The number of rotatable bonds is 1. The summed E-state index contributed by atoms with van der Waals surface area (Å²) in [6.07, 6.45) is 1.77. The Labute approximate surface area is 177 Å². The number of nitrogens with one attached hydrogen (secondary N) is 2. The standard InChI is InChI=1S/C23H19N3O5/c27-20-18-15-6-3-9-25(15)23(13-4-1-2-5-14(13)24-22(23)29)19(18)21(28)26(20)12-7-8-16-17(10-12)31-11-30-16/h1-2,4-5,7-8,10,15,18-19H,3,6,9,11H2,(H,24,29)/p+1/t15-,18-,19-,23+/m1/s1. The Bertz CT molecular complexity index is 1200. The molecule has 5 aliphatic heterocycles. The number of hydrogen-bond donors (Lipinski definition) is 2. The summed E-state index contributed by atoms with van der Waals surface area (Å²) in [5.74, 6) is -0.801. The predicted octanol–water partition coefficient (Wildman–Crippen LogP) is 0.429. The highest BCUT2D eigenvalue weighted by molar-refractivity contribution is 6.25. The zero-order chi connectivity index (χ0) is 20.9. The molecule has 0 saturated carbocycles. The summed E-state index contributed by atoms with van der Waals surface area (Å²) in [6, 6.07) is 12.6. The quantitative estimate of drug-likeness (QED) is 0.656. The lowest BCUT2D eigenvalue weighted by Crippen LogP contribution is -3.19. The van der Waals surface area contributed by atoms with Crippen LogP contribution in [0, 0.1) is 11.8 Å². The Balaban J connectivity index is 1.40. The molecule has 7 rings (SSSR count). The van der Waals surface area contributed by atoms with Crippen molar-refractivity contribution in [3.05, 3.63) is 48.0 Å². The summed E-state index contributed by atoms with van der Waals surface area (Å²) in [4.78, 5) is 43.4. The van der Waals surface area contributed by atoms with Crippen LogP contribution in [0.4, 0.5) is 11.4 Å². The SMILES string of the molecule is O=C1[C@@H]2[C@H]3CCC[NH+]3[C@]3(C(=O)Nc4ccccc43)[C@H]2C(=O)N1c1ccc2c(c1)OCO2. The van der Waals surface area contributed by atoms with Gasteiger partial charge in [0.05, 0.1) is 17.9 Å². The van der Waals surface area contributed by atoms with Gasteiger partial charge in [-0.2, -0.15) is 0 Å². The molecule has 156 valence electrons. The number of ether oxygens (including phenoxy) is 2. The second kappa shape index (κ2) is 5.64. The van der Waals surface area contributed by atoms with Crippen molar-refractivity contribution in [2.45, 2.75) is 24.4 Å². The fraction of sp³-hybridized carbons (Fsp3) is 0.348. The van der Waals surface area contributed by atoms with E-state index in [2.05, 4.69) is 5.32 Å². The van der Waals surface area contributed by atoms with Gasteiger partial charge in [-0.05, 0) is 18.2 Å². The zero-order valence-corrected chi connectivity index (χ0v) is 16.6. The number of quaternary nitrogens is 1. The maximum absolute atomic E-state index is 13.9. The van der Waals surface area contributed by atoms with Crippen LogP contribution in [-0.4, -0.2) is 37.1 Å². The molecule has 3 saturated heterocycles. The minimum Gasteiger partial charge on any atom is -0.454 e. The van der Waals surface area contributed by atoms with E-state index in [4.69, 9.17) is 9.47 Å². The average molecular weight is 418 g/mol. The van der Waals surface area contributed by atoms with E-state index >= 15 is 0 Å². The molecule has 3 amide bonds. The van der Waals surface area contributed by atoms with Gasteiger partial charge in [-0.15, -0.1) is 0 Å². The molecule has 2 aromatic carbocycles. The molecule has 2 N–H and O–H groups in total. The van der Waals surface area contributed by atoms with E-state index in [-0.39, 0.29) is 30.6 Å². The van der Waals surface area contributed by atoms with Crippen LogP contribution in [-0.2, 0) is 19.9 Å². The summed E-state index contributed by atoms with van der Waals surface area (Å²) in [5, 5.41) is 3.00. The number of nitrogens with zero attached hydrogens (tertiary/aromatic N) is 1. The van der Waals surface area contributed by atoms with Crippen LogP contribution in [0.3, 0.4) is 0 Å². The molecular weight excluding hydrogens is 398 g/mol. The van der Waals surface area contributed by atoms with E-state index in [0.29, 0.717) is 17.2 Å². The van der Waals surface area contributed by atoms with Crippen molar-refractivity contribution in [3.63, 3.8) is 0 Å². The molecule has 2 aromatic rings. The van der Waals surface area contributed by atoms with Gasteiger partial charge in [0.25, 0.3) is 5.91 Å².